The molecule has 0 aliphatic rings. The minimum atomic E-state index is -0.288. The van der Waals surface area contributed by atoms with Crippen molar-refractivity contribution in [3.8, 4) is 0 Å². The lowest BCUT2D eigenvalue weighted by Gasteiger charge is -2.12. The van der Waals surface area contributed by atoms with Crippen molar-refractivity contribution in [3.05, 3.63) is 35.0 Å². The van der Waals surface area contributed by atoms with Gasteiger partial charge in [-0.25, -0.2) is 4.39 Å². The highest BCUT2D eigenvalue weighted by atomic mass is 35.5. The molecule has 1 amide bonds. The third-order valence-corrected chi connectivity index (χ3v) is 4.35. The van der Waals surface area contributed by atoms with Crippen molar-refractivity contribution in [2.45, 2.75) is 25.6 Å². The van der Waals surface area contributed by atoms with Crippen LogP contribution in [0.25, 0.3) is 10.1 Å². The molecule has 2 aromatic rings. The summed E-state index contributed by atoms with van der Waals surface area (Å²) in [6, 6.07) is 6.30. The minimum Gasteiger partial charge on any atom is -0.350 e. The number of hydrogen-bond donors (Lipinski definition) is 1. The number of carbonyl (C=O) groups is 1. The molecule has 0 radical (unpaired) electrons. The lowest BCUT2D eigenvalue weighted by Crippen LogP contribution is -2.29. The van der Waals surface area contributed by atoms with E-state index in [9.17, 15) is 9.18 Å². The molecule has 0 fully saturated rings. The van der Waals surface area contributed by atoms with E-state index in [1.54, 1.807) is 12.1 Å². The van der Waals surface area contributed by atoms with Crippen molar-refractivity contribution in [2.75, 3.05) is 6.54 Å². The predicted octanol–water partition coefficient (Wildman–Crippen LogP) is 4.42. The summed E-state index contributed by atoms with van der Waals surface area (Å²) in [7, 11) is 0. The van der Waals surface area contributed by atoms with Crippen LogP contribution in [0, 0.1) is 11.7 Å². The van der Waals surface area contributed by atoms with Gasteiger partial charge in [0.2, 0.25) is 0 Å². The van der Waals surface area contributed by atoms with Gasteiger partial charge in [-0.05, 0) is 35.9 Å². The average Bonchev–Trinajstić information content (AvgIpc) is 2.78. The standard InChI is InChI=1S/C15H17ClFNOS/c1-9(2)5-11(16)8-18-15(19)14-6-10-3-4-12(17)7-13(10)20-14/h3-4,6-7,9,11H,5,8H2,1-2H3,(H,18,19). The van der Waals surface area contributed by atoms with Gasteiger partial charge in [-0.1, -0.05) is 19.9 Å². The van der Waals surface area contributed by atoms with Gasteiger partial charge in [0.25, 0.3) is 5.91 Å². The van der Waals surface area contributed by atoms with Crippen molar-refractivity contribution >= 4 is 38.9 Å². The van der Waals surface area contributed by atoms with Gasteiger partial charge in [-0.15, -0.1) is 22.9 Å². The van der Waals surface area contributed by atoms with Crippen molar-refractivity contribution in [1.82, 2.24) is 5.32 Å². The summed E-state index contributed by atoms with van der Waals surface area (Å²) >= 11 is 7.44. The van der Waals surface area contributed by atoms with Crippen molar-refractivity contribution < 1.29 is 9.18 Å². The number of fused-ring (bicyclic) bond motifs is 1. The van der Waals surface area contributed by atoms with E-state index >= 15 is 0 Å². The van der Waals surface area contributed by atoms with Crippen LogP contribution in [-0.4, -0.2) is 17.8 Å². The summed E-state index contributed by atoms with van der Waals surface area (Å²) in [5.74, 6) is 0.0618. The molecule has 5 heteroatoms. The molecule has 1 aromatic heterocycles. The maximum absolute atomic E-state index is 13.1. The molecule has 1 aromatic carbocycles. The topological polar surface area (TPSA) is 29.1 Å². The fourth-order valence-electron chi connectivity index (χ4n) is 2.00. The second-order valence-corrected chi connectivity index (χ2v) is 6.93. The van der Waals surface area contributed by atoms with Crippen molar-refractivity contribution in [2.24, 2.45) is 5.92 Å². The summed E-state index contributed by atoms with van der Waals surface area (Å²) in [6.07, 6.45) is 0.861. The highest BCUT2D eigenvalue weighted by Gasteiger charge is 2.13. The number of nitrogens with one attached hydrogen (secondary N) is 1. The Labute approximate surface area is 126 Å². The zero-order valence-corrected chi connectivity index (χ0v) is 13.0. The molecule has 0 aliphatic carbocycles. The molecule has 2 rings (SSSR count). The first-order valence-electron chi connectivity index (χ1n) is 6.57. The Morgan fingerprint density at radius 3 is 2.85 bits per heavy atom. The molecule has 1 N–H and O–H groups in total. The van der Waals surface area contributed by atoms with E-state index in [0.717, 1.165) is 16.5 Å². The van der Waals surface area contributed by atoms with Crippen molar-refractivity contribution in [1.29, 1.82) is 0 Å². The monoisotopic (exact) mass is 313 g/mol. The van der Waals surface area contributed by atoms with Gasteiger partial charge in [0, 0.05) is 11.2 Å². The molecule has 1 heterocycles. The number of carbonyl (C=O) groups excluding carboxylic acids is 1. The SMILES string of the molecule is CC(C)CC(Cl)CNC(=O)c1cc2ccc(F)cc2s1. The Bertz CT molecular complexity index is 611. The van der Waals surface area contributed by atoms with Gasteiger partial charge < -0.3 is 5.32 Å². The van der Waals surface area contributed by atoms with E-state index in [2.05, 4.69) is 19.2 Å². The molecule has 108 valence electrons. The molecule has 0 bridgehead atoms. The first kappa shape index (κ1) is 15.3. The van der Waals surface area contributed by atoms with Gasteiger partial charge in [-0.3, -0.25) is 4.79 Å². The Kier molecular flexibility index (Phi) is 5.00. The van der Waals surface area contributed by atoms with Crippen LogP contribution < -0.4 is 5.32 Å². The molecule has 0 spiro atoms. The lowest BCUT2D eigenvalue weighted by molar-refractivity contribution is 0.0957. The molecule has 1 atom stereocenters. The van der Waals surface area contributed by atoms with Gasteiger partial charge >= 0.3 is 0 Å². The van der Waals surface area contributed by atoms with Crippen LogP contribution in [-0.2, 0) is 0 Å². The smallest absolute Gasteiger partial charge is 0.261 e. The van der Waals surface area contributed by atoms with E-state index in [1.807, 2.05) is 0 Å². The van der Waals surface area contributed by atoms with Crippen LogP contribution in [0.5, 0.6) is 0 Å². The Morgan fingerprint density at radius 1 is 1.40 bits per heavy atom. The number of alkyl halides is 1. The summed E-state index contributed by atoms with van der Waals surface area (Å²) in [5, 5.41) is 3.64. The van der Waals surface area contributed by atoms with Gasteiger partial charge in [-0.2, -0.15) is 0 Å². The number of benzene rings is 1. The van der Waals surface area contributed by atoms with Crippen LogP contribution in [0.15, 0.2) is 24.3 Å². The Balaban J connectivity index is 2.00. The van der Waals surface area contributed by atoms with Crippen molar-refractivity contribution in [3.63, 3.8) is 0 Å². The highest BCUT2D eigenvalue weighted by molar-refractivity contribution is 7.20. The first-order chi connectivity index (χ1) is 9.45. The lowest BCUT2D eigenvalue weighted by atomic mass is 10.1. The van der Waals surface area contributed by atoms with Crippen LogP contribution in [0.1, 0.15) is 29.9 Å². The fourth-order valence-corrected chi connectivity index (χ4v) is 3.44. The quantitative estimate of drug-likeness (QED) is 0.813. The van der Waals surface area contributed by atoms with Crippen LogP contribution in [0.4, 0.5) is 4.39 Å². The second kappa shape index (κ2) is 6.55. The maximum Gasteiger partial charge on any atom is 0.261 e. The van der Waals surface area contributed by atoms with E-state index in [0.29, 0.717) is 17.3 Å². The third-order valence-electron chi connectivity index (χ3n) is 2.92. The molecule has 20 heavy (non-hydrogen) atoms. The molecule has 0 saturated carbocycles. The molecular formula is C15H17ClFNOS. The number of hydrogen-bond acceptors (Lipinski definition) is 2. The maximum atomic E-state index is 13.1. The molecule has 2 nitrogen and oxygen atoms in total. The van der Waals surface area contributed by atoms with E-state index in [4.69, 9.17) is 11.6 Å². The molecular weight excluding hydrogens is 297 g/mol. The fraction of sp³-hybridized carbons (Fsp3) is 0.400. The van der Waals surface area contributed by atoms with E-state index in [-0.39, 0.29) is 17.1 Å². The third kappa shape index (κ3) is 3.93. The zero-order chi connectivity index (χ0) is 14.7. The number of halogens is 2. The molecule has 0 saturated heterocycles. The van der Waals surface area contributed by atoms with Gasteiger partial charge in [0.1, 0.15) is 5.82 Å². The second-order valence-electron chi connectivity index (χ2n) is 5.23. The number of rotatable bonds is 5. The Hall–Kier alpha value is -1.13. The minimum absolute atomic E-state index is 0.0641. The molecule has 0 aliphatic heterocycles. The van der Waals surface area contributed by atoms with Crippen LogP contribution in [0.2, 0.25) is 0 Å². The largest absolute Gasteiger partial charge is 0.350 e. The zero-order valence-electron chi connectivity index (χ0n) is 11.5. The van der Waals surface area contributed by atoms with E-state index < -0.39 is 0 Å². The first-order valence-corrected chi connectivity index (χ1v) is 7.82. The van der Waals surface area contributed by atoms with Gasteiger partial charge in [0.15, 0.2) is 0 Å². The van der Waals surface area contributed by atoms with Crippen LogP contribution in [0.3, 0.4) is 0 Å². The summed E-state index contributed by atoms with van der Waals surface area (Å²) in [5.41, 5.74) is 0. The van der Waals surface area contributed by atoms with Gasteiger partial charge in [0.05, 0.1) is 10.3 Å². The van der Waals surface area contributed by atoms with E-state index in [1.165, 1.54) is 23.5 Å². The summed E-state index contributed by atoms with van der Waals surface area (Å²) < 4.78 is 13.9. The molecule has 1 unspecified atom stereocenters. The number of thiophene rings is 1. The van der Waals surface area contributed by atoms with Crippen LogP contribution >= 0.6 is 22.9 Å². The highest BCUT2D eigenvalue weighted by Crippen LogP contribution is 2.26. The summed E-state index contributed by atoms with van der Waals surface area (Å²) in [6.45, 7) is 4.64. The number of amides is 1. The average molecular weight is 314 g/mol. The Morgan fingerprint density at radius 2 is 2.15 bits per heavy atom. The normalized spacial score (nSPS) is 12.8. The summed E-state index contributed by atoms with van der Waals surface area (Å²) in [4.78, 5) is 12.6. The predicted molar refractivity (Wildman–Crippen MR) is 83.2 cm³/mol.